The summed E-state index contributed by atoms with van der Waals surface area (Å²) >= 11 is 0. The summed E-state index contributed by atoms with van der Waals surface area (Å²) in [5, 5.41) is 0. The van der Waals surface area contributed by atoms with Gasteiger partial charge in [0, 0.05) is 31.2 Å². The van der Waals surface area contributed by atoms with Crippen molar-refractivity contribution in [2.24, 2.45) is 17.6 Å². The molecule has 1 aromatic carbocycles. The number of aryl methyl sites for hydroxylation is 1. The minimum Gasteiger partial charge on any atom is -0.327 e. The topological polar surface area (TPSA) is 29.3 Å². The predicted octanol–water partition coefficient (Wildman–Crippen LogP) is 2.95. The third kappa shape index (κ3) is 2.61. The van der Waals surface area contributed by atoms with Crippen LogP contribution in [-0.2, 0) is 13.0 Å². The molecule has 0 bridgehead atoms. The maximum atomic E-state index is 14.1. The van der Waals surface area contributed by atoms with Gasteiger partial charge in [-0.1, -0.05) is 25.5 Å². The Morgan fingerprint density at radius 2 is 2.15 bits per heavy atom. The monoisotopic (exact) mass is 276 g/mol. The normalized spacial score (nSPS) is 30.4. The third-order valence-electron chi connectivity index (χ3n) is 5.21. The zero-order valence-corrected chi connectivity index (χ0v) is 12.3. The summed E-state index contributed by atoms with van der Waals surface area (Å²) in [5.74, 6) is 1.31. The first kappa shape index (κ1) is 14.0. The highest BCUT2D eigenvalue weighted by Crippen LogP contribution is 2.36. The predicted molar refractivity (Wildman–Crippen MR) is 79.9 cm³/mol. The molecule has 0 radical (unpaired) electrons. The largest absolute Gasteiger partial charge is 0.327 e. The van der Waals surface area contributed by atoms with Crippen LogP contribution in [-0.4, -0.2) is 24.0 Å². The Hall–Kier alpha value is -0.930. The fourth-order valence-corrected chi connectivity index (χ4v) is 4.07. The van der Waals surface area contributed by atoms with Crippen molar-refractivity contribution in [2.45, 2.75) is 45.2 Å². The highest BCUT2D eigenvalue weighted by Gasteiger charge is 2.38. The van der Waals surface area contributed by atoms with E-state index in [1.807, 2.05) is 12.1 Å². The number of hydrogen-bond acceptors (Lipinski definition) is 2. The average molecular weight is 276 g/mol. The maximum absolute atomic E-state index is 14.1. The zero-order valence-electron chi connectivity index (χ0n) is 12.3. The van der Waals surface area contributed by atoms with Crippen molar-refractivity contribution in [1.29, 1.82) is 0 Å². The van der Waals surface area contributed by atoms with Crippen molar-refractivity contribution >= 4 is 0 Å². The van der Waals surface area contributed by atoms with E-state index < -0.39 is 0 Å². The Morgan fingerprint density at radius 3 is 2.90 bits per heavy atom. The number of hydrogen-bond donors (Lipinski definition) is 1. The van der Waals surface area contributed by atoms with Gasteiger partial charge in [-0.2, -0.15) is 0 Å². The average Bonchev–Trinajstić information content (AvgIpc) is 2.85. The van der Waals surface area contributed by atoms with Gasteiger partial charge in [-0.25, -0.2) is 4.39 Å². The number of rotatable bonds is 3. The number of benzene rings is 1. The Balaban J connectivity index is 1.73. The molecule has 3 unspecified atom stereocenters. The summed E-state index contributed by atoms with van der Waals surface area (Å²) < 4.78 is 14.1. The molecule has 0 aromatic heterocycles. The molecule has 1 aliphatic carbocycles. The van der Waals surface area contributed by atoms with Crippen LogP contribution in [0.15, 0.2) is 18.2 Å². The van der Waals surface area contributed by atoms with E-state index in [0.717, 1.165) is 49.5 Å². The molecular weight excluding hydrogens is 251 g/mol. The van der Waals surface area contributed by atoms with E-state index in [0.29, 0.717) is 12.0 Å². The van der Waals surface area contributed by atoms with Crippen LogP contribution in [0.1, 0.15) is 37.3 Å². The molecule has 1 saturated heterocycles. The molecule has 20 heavy (non-hydrogen) atoms. The van der Waals surface area contributed by atoms with Crippen LogP contribution in [0.5, 0.6) is 0 Å². The Labute approximate surface area is 121 Å². The molecular formula is C17H25FN2. The van der Waals surface area contributed by atoms with E-state index in [4.69, 9.17) is 5.73 Å². The Kier molecular flexibility index (Phi) is 4.08. The second-order valence-electron chi connectivity index (χ2n) is 6.44. The molecule has 2 fully saturated rings. The number of likely N-dealkylation sites (tertiary alicyclic amines) is 1. The summed E-state index contributed by atoms with van der Waals surface area (Å²) in [6, 6.07) is 5.80. The van der Waals surface area contributed by atoms with Crippen LogP contribution in [0.3, 0.4) is 0 Å². The van der Waals surface area contributed by atoms with Crippen LogP contribution < -0.4 is 5.73 Å². The van der Waals surface area contributed by atoms with Gasteiger partial charge >= 0.3 is 0 Å². The van der Waals surface area contributed by atoms with Crippen LogP contribution in [0.25, 0.3) is 0 Å². The third-order valence-corrected chi connectivity index (χ3v) is 5.21. The number of halogens is 1. The molecule has 2 aliphatic rings. The van der Waals surface area contributed by atoms with Gasteiger partial charge in [0.2, 0.25) is 0 Å². The van der Waals surface area contributed by atoms with Crippen LogP contribution >= 0.6 is 0 Å². The standard InChI is InChI=1S/C17H25FN2/c1-2-12-5-3-7-16(18)14(12)10-20-9-13-6-4-8-17(19)15(13)11-20/h3,5,7,13,15,17H,2,4,6,8-11,19H2,1H3. The smallest absolute Gasteiger partial charge is 0.127 e. The first-order valence-electron chi connectivity index (χ1n) is 7.93. The van der Waals surface area contributed by atoms with Gasteiger partial charge in [-0.15, -0.1) is 0 Å². The summed E-state index contributed by atoms with van der Waals surface area (Å²) in [4.78, 5) is 2.41. The van der Waals surface area contributed by atoms with Gasteiger partial charge in [0.1, 0.15) is 5.82 Å². The van der Waals surface area contributed by atoms with Gasteiger partial charge in [-0.05, 0) is 42.7 Å². The lowest BCUT2D eigenvalue weighted by Gasteiger charge is -2.29. The van der Waals surface area contributed by atoms with Crippen molar-refractivity contribution in [3.8, 4) is 0 Å². The number of nitrogens with zero attached hydrogens (tertiary/aromatic N) is 1. The molecule has 3 atom stereocenters. The number of fused-ring (bicyclic) bond motifs is 1. The molecule has 3 rings (SSSR count). The van der Waals surface area contributed by atoms with E-state index in [9.17, 15) is 4.39 Å². The van der Waals surface area contributed by atoms with Gasteiger partial charge in [0.15, 0.2) is 0 Å². The fraction of sp³-hybridized carbons (Fsp3) is 0.647. The van der Waals surface area contributed by atoms with E-state index >= 15 is 0 Å². The molecule has 2 N–H and O–H groups in total. The highest BCUT2D eigenvalue weighted by atomic mass is 19.1. The van der Waals surface area contributed by atoms with Gasteiger partial charge in [0.25, 0.3) is 0 Å². The summed E-state index contributed by atoms with van der Waals surface area (Å²) in [6.45, 7) is 4.98. The maximum Gasteiger partial charge on any atom is 0.127 e. The summed E-state index contributed by atoms with van der Waals surface area (Å²) in [6.07, 6.45) is 4.62. The molecule has 0 amide bonds. The van der Waals surface area contributed by atoms with E-state index in [-0.39, 0.29) is 5.82 Å². The zero-order chi connectivity index (χ0) is 14.1. The van der Waals surface area contributed by atoms with Gasteiger partial charge in [-0.3, -0.25) is 4.90 Å². The molecule has 3 heteroatoms. The van der Waals surface area contributed by atoms with Crippen LogP contribution in [0.4, 0.5) is 4.39 Å². The van der Waals surface area contributed by atoms with Crippen molar-refractivity contribution in [2.75, 3.05) is 13.1 Å². The fourth-order valence-electron chi connectivity index (χ4n) is 4.07. The molecule has 110 valence electrons. The van der Waals surface area contributed by atoms with Gasteiger partial charge < -0.3 is 5.73 Å². The number of nitrogens with two attached hydrogens (primary N) is 1. The first-order chi connectivity index (χ1) is 9.69. The Bertz CT molecular complexity index is 474. The lowest BCUT2D eigenvalue weighted by Crippen LogP contribution is -2.38. The molecule has 0 spiro atoms. The van der Waals surface area contributed by atoms with Crippen molar-refractivity contribution in [3.05, 3.63) is 35.1 Å². The van der Waals surface area contributed by atoms with Crippen molar-refractivity contribution in [3.63, 3.8) is 0 Å². The highest BCUT2D eigenvalue weighted by molar-refractivity contribution is 5.28. The van der Waals surface area contributed by atoms with E-state index in [1.54, 1.807) is 6.07 Å². The van der Waals surface area contributed by atoms with Crippen molar-refractivity contribution < 1.29 is 4.39 Å². The summed E-state index contributed by atoms with van der Waals surface area (Å²) in [7, 11) is 0. The second-order valence-corrected chi connectivity index (χ2v) is 6.44. The second kappa shape index (κ2) is 5.82. The van der Waals surface area contributed by atoms with E-state index in [1.165, 1.54) is 12.8 Å². The van der Waals surface area contributed by atoms with Crippen LogP contribution in [0, 0.1) is 17.7 Å². The quantitative estimate of drug-likeness (QED) is 0.919. The van der Waals surface area contributed by atoms with Gasteiger partial charge in [0.05, 0.1) is 0 Å². The molecule has 2 nitrogen and oxygen atoms in total. The first-order valence-corrected chi connectivity index (χ1v) is 7.93. The van der Waals surface area contributed by atoms with Crippen molar-refractivity contribution in [1.82, 2.24) is 4.90 Å². The summed E-state index contributed by atoms with van der Waals surface area (Å²) in [5.41, 5.74) is 8.29. The molecule has 1 aliphatic heterocycles. The lowest BCUT2D eigenvalue weighted by atomic mass is 9.78. The SMILES string of the molecule is CCc1cccc(F)c1CN1CC2CCCC(N)C2C1. The van der Waals surface area contributed by atoms with Crippen LogP contribution in [0.2, 0.25) is 0 Å². The minimum atomic E-state index is -0.0523. The minimum absolute atomic E-state index is 0.0523. The lowest BCUT2D eigenvalue weighted by molar-refractivity contribution is 0.259. The Morgan fingerprint density at radius 1 is 1.30 bits per heavy atom. The van der Waals surface area contributed by atoms with E-state index in [2.05, 4.69) is 11.8 Å². The molecule has 1 aromatic rings. The molecule has 1 heterocycles. The molecule has 1 saturated carbocycles.